The maximum atomic E-state index is 6.54. The highest BCUT2D eigenvalue weighted by Crippen LogP contribution is 2.34. The fraction of sp³-hybridized carbons (Fsp3) is 0.536. The van der Waals surface area contributed by atoms with Crippen LogP contribution < -0.4 is 0 Å². The van der Waals surface area contributed by atoms with Crippen LogP contribution in [-0.2, 0) is 12.8 Å². The molecule has 1 atom stereocenters. The lowest BCUT2D eigenvalue weighted by atomic mass is 9.87. The van der Waals surface area contributed by atoms with Crippen LogP contribution in [0.15, 0.2) is 37.1 Å². The summed E-state index contributed by atoms with van der Waals surface area (Å²) in [5.74, 6) is 0.709. The third-order valence-electron chi connectivity index (χ3n) is 6.33. The van der Waals surface area contributed by atoms with Gasteiger partial charge in [0.05, 0.1) is 10.5 Å². The third-order valence-corrected chi connectivity index (χ3v) is 6.77. The standard InChI is InChI=1S/C16H16ClN.C8H16N2.C4H10/c1-3-11-5-7-13-15(9-11)18-14-8-10(2)4-6-12(14)16(13)17;1-8(2)10-6-4-9(3)5-7-10;1-3-4-2/h3,5,7,9-10H,1,4,6,8H2,2H3;1,4-7H2,2-3H3;3-4H2,1-2H3. The van der Waals surface area contributed by atoms with E-state index < -0.39 is 0 Å². The van der Waals surface area contributed by atoms with Crippen molar-refractivity contribution in [3.8, 4) is 0 Å². The van der Waals surface area contributed by atoms with E-state index in [-0.39, 0.29) is 0 Å². The van der Waals surface area contributed by atoms with Gasteiger partial charge >= 0.3 is 0 Å². The number of hydrogen-bond acceptors (Lipinski definition) is 3. The quantitative estimate of drug-likeness (QED) is 0.486. The van der Waals surface area contributed by atoms with Gasteiger partial charge in [0, 0.05) is 43.0 Å². The van der Waals surface area contributed by atoms with Gasteiger partial charge in [-0.3, -0.25) is 4.98 Å². The first-order valence-corrected chi connectivity index (χ1v) is 12.5. The summed E-state index contributed by atoms with van der Waals surface area (Å²) in [6.45, 7) is 21.1. The molecule has 2 aliphatic rings. The van der Waals surface area contributed by atoms with Crippen molar-refractivity contribution in [2.45, 2.75) is 59.8 Å². The van der Waals surface area contributed by atoms with E-state index in [2.05, 4.69) is 69.8 Å². The predicted octanol–water partition coefficient (Wildman–Crippen LogP) is 7.23. The Morgan fingerprint density at radius 2 is 1.84 bits per heavy atom. The van der Waals surface area contributed by atoms with Gasteiger partial charge in [0.15, 0.2) is 0 Å². The van der Waals surface area contributed by atoms with Crippen molar-refractivity contribution in [2.75, 3.05) is 33.2 Å². The maximum absolute atomic E-state index is 6.54. The maximum Gasteiger partial charge on any atom is 0.0726 e. The molecule has 1 fully saturated rings. The topological polar surface area (TPSA) is 19.4 Å². The molecule has 0 saturated carbocycles. The fourth-order valence-corrected chi connectivity index (χ4v) is 4.25. The molecule has 1 unspecified atom stereocenters. The van der Waals surface area contributed by atoms with Crippen molar-refractivity contribution in [3.63, 3.8) is 0 Å². The van der Waals surface area contributed by atoms with Crippen LogP contribution in [0.3, 0.4) is 0 Å². The van der Waals surface area contributed by atoms with Gasteiger partial charge in [-0.1, -0.05) is 76.6 Å². The molecule has 0 radical (unpaired) electrons. The number of halogens is 1. The molecule has 0 spiro atoms. The van der Waals surface area contributed by atoms with Gasteiger partial charge in [-0.2, -0.15) is 0 Å². The van der Waals surface area contributed by atoms with E-state index in [1.165, 1.54) is 49.3 Å². The number of fused-ring (bicyclic) bond motifs is 2. The van der Waals surface area contributed by atoms with Gasteiger partial charge in [-0.15, -0.1) is 0 Å². The lowest BCUT2D eigenvalue weighted by Crippen LogP contribution is -2.43. The summed E-state index contributed by atoms with van der Waals surface area (Å²) >= 11 is 6.54. The smallest absolute Gasteiger partial charge is 0.0726 e. The Labute approximate surface area is 201 Å². The highest BCUT2D eigenvalue weighted by Gasteiger charge is 2.20. The molecule has 0 N–H and O–H groups in total. The molecule has 1 aromatic carbocycles. The lowest BCUT2D eigenvalue weighted by molar-refractivity contribution is 0.187. The Balaban J connectivity index is 0.000000219. The second-order valence-electron chi connectivity index (χ2n) is 9.21. The molecule has 2 heterocycles. The zero-order chi connectivity index (χ0) is 23.7. The van der Waals surface area contributed by atoms with Crippen LogP contribution in [0.25, 0.3) is 17.0 Å². The molecular formula is C28H42ClN3. The number of pyridine rings is 1. The summed E-state index contributed by atoms with van der Waals surface area (Å²) in [5.41, 5.74) is 5.73. The zero-order valence-electron chi connectivity index (χ0n) is 20.9. The molecule has 1 aromatic heterocycles. The van der Waals surface area contributed by atoms with Crippen molar-refractivity contribution >= 4 is 28.6 Å². The lowest BCUT2D eigenvalue weighted by Gasteiger charge is -2.33. The van der Waals surface area contributed by atoms with Crippen molar-refractivity contribution in [1.29, 1.82) is 0 Å². The SMILES string of the molecule is C=C(C)N1CCN(C)CC1.C=Cc1ccc2c(Cl)c3c(nc2c1)CC(C)CC3.CCCC. The molecule has 176 valence electrons. The first kappa shape index (κ1) is 26.4. The third kappa shape index (κ3) is 7.35. The Hall–Kier alpha value is -1.84. The Kier molecular flexibility index (Phi) is 10.7. The molecule has 4 heteroatoms. The van der Waals surface area contributed by atoms with Crippen LogP contribution in [0.2, 0.25) is 5.02 Å². The van der Waals surface area contributed by atoms with Crippen LogP contribution in [0, 0.1) is 5.92 Å². The molecule has 0 bridgehead atoms. The highest BCUT2D eigenvalue weighted by atomic mass is 35.5. The molecule has 1 saturated heterocycles. The Morgan fingerprint density at radius 3 is 2.41 bits per heavy atom. The van der Waals surface area contributed by atoms with Gasteiger partial charge in [0.1, 0.15) is 0 Å². The van der Waals surface area contributed by atoms with Gasteiger partial charge in [0.25, 0.3) is 0 Å². The van der Waals surface area contributed by atoms with Crippen molar-refractivity contribution < 1.29 is 0 Å². The number of benzene rings is 1. The molecule has 2 aromatic rings. The van der Waals surface area contributed by atoms with Crippen LogP contribution in [0.4, 0.5) is 0 Å². The number of rotatable bonds is 3. The average Bonchev–Trinajstić information content (AvgIpc) is 2.79. The predicted molar refractivity (Wildman–Crippen MR) is 142 cm³/mol. The normalized spacial score (nSPS) is 18.1. The van der Waals surface area contributed by atoms with E-state index in [1.807, 2.05) is 12.1 Å². The Bertz CT molecular complexity index is 895. The molecule has 0 amide bonds. The van der Waals surface area contributed by atoms with Crippen molar-refractivity contribution in [1.82, 2.24) is 14.8 Å². The first-order valence-electron chi connectivity index (χ1n) is 12.1. The number of unbranched alkanes of at least 4 members (excludes halogenated alkanes) is 1. The first-order chi connectivity index (χ1) is 15.3. The molecule has 32 heavy (non-hydrogen) atoms. The number of nitrogens with zero attached hydrogens (tertiary/aromatic N) is 3. The van der Waals surface area contributed by atoms with Gasteiger partial charge in [-0.05, 0) is 56.3 Å². The minimum Gasteiger partial charge on any atom is -0.373 e. The summed E-state index contributed by atoms with van der Waals surface area (Å²) in [5, 5.41) is 1.97. The second kappa shape index (κ2) is 13.0. The van der Waals surface area contributed by atoms with E-state index >= 15 is 0 Å². The number of aromatic nitrogens is 1. The van der Waals surface area contributed by atoms with E-state index in [9.17, 15) is 0 Å². The van der Waals surface area contributed by atoms with E-state index in [1.54, 1.807) is 0 Å². The highest BCUT2D eigenvalue weighted by molar-refractivity contribution is 6.36. The van der Waals surface area contributed by atoms with E-state index in [0.29, 0.717) is 5.92 Å². The summed E-state index contributed by atoms with van der Waals surface area (Å²) in [6, 6.07) is 6.16. The molecule has 4 rings (SSSR count). The summed E-state index contributed by atoms with van der Waals surface area (Å²) in [7, 11) is 2.16. The van der Waals surface area contributed by atoms with Gasteiger partial charge < -0.3 is 9.80 Å². The average molecular weight is 456 g/mol. The monoisotopic (exact) mass is 455 g/mol. The molecular weight excluding hydrogens is 414 g/mol. The van der Waals surface area contributed by atoms with Gasteiger partial charge in [0.2, 0.25) is 0 Å². The number of allylic oxidation sites excluding steroid dienone is 1. The zero-order valence-corrected chi connectivity index (χ0v) is 21.6. The second-order valence-corrected chi connectivity index (χ2v) is 9.58. The van der Waals surface area contributed by atoms with Crippen LogP contribution in [0.5, 0.6) is 0 Å². The van der Waals surface area contributed by atoms with Crippen molar-refractivity contribution in [2.24, 2.45) is 5.92 Å². The number of piperazine rings is 1. The summed E-state index contributed by atoms with van der Waals surface area (Å²) in [6.07, 6.45) is 7.80. The number of likely N-dealkylation sites (N-methyl/N-ethyl adjacent to an activating group) is 1. The molecule has 3 nitrogen and oxygen atoms in total. The molecule has 1 aliphatic heterocycles. The molecule has 1 aliphatic carbocycles. The van der Waals surface area contributed by atoms with E-state index in [4.69, 9.17) is 16.6 Å². The fourth-order valence-electron chi connectivity index (χ4n) is 3.89. The number of hydrogen-bond donors (Lipinski definition) is 0. The van der Waals surface area contributed by atoms with Gasteiger partial charge in [-0.25, -0.2) is 0 Å². The van der Waals surface area contributed by atoms with Crippen LogP contribution in [-0.4, -0.2) is 48.0 Å². The van der Waals surface area contributed by atoms with Crippen LogP contribution in [0.1, 0.15) is 63.8 Å². The van der Waals surface area contributed by atoms with E-state index in [0.717, 1.165) is 47.4 Å². The van der Waals surface area contributed by atoms with Crippen LogP contribution >= 0.6 is 11.6 Å². The summed E-state index contributed by atoms with van der Waals surface area (Å²) in [4.78, 5) is 9.48. The van der Waals surface area contributed by atoms with Crippen molar-refractivity contribution in [3.05, 3.63) is 58.9 Å². The minimum atomic E-state index is 0.709. The summed E-state index contributed by atoms with van der Waals surface area (Å²) < 4.78 is 0. The largest absolute Gasteiger partial charge is 0.373 e. The minimum absolute atomic E-state index is 0.709. The Morgan fingerprint density at radius 1 is 1.19 bits per heavy atom.